The fourth-order valence-corrected chi connectivity index (χ4v) is 2.82. The van der Waals surface area contributed by atoms with Crippen LogP contribution in [0, 0.1) is 0 Å². The molecule has 3 rings (SSSR count). The summed E-state index contributed by atoms with van der Waals surface area (Å²) >= 11 is 0. The SMILES string of the molecule is CCC(=O)N1CCN(Cc2noc(-c3ccc(C(F)(F)F)cc3)n2)CC1. The first-order valence-corrected chi connectivity index (χ1v) is 8.37. The van der Waals surface area contributed by atoms with E-state index in [2.05, 4.69) is 15.0 Å². The van der Waals surface area contributed by atoms with Crippen LogP contribution in [-0.4, -0.2) is 52.0 Å². The quantitative estimate of drug-likeness (QED) is 0.831. The highest BCUT2D eigenvalue weighted by molar-refractivity contribution is 5.75. The highest BCUT2D eigenvalue weighted by atomic mass is 19.4. The summed E-state index contributed by atoms with van der Waals surface area (Å²) in [6.45, 7) is 5.08. The van der Waals surface area contributed by atoms with E-state index in [1.165, 1.54) is 12.1 Å². The van der Waals surface area contributed by atoms with Crippen molar-refractivity contribution in [2.45, 2.75) is 26.1 Å². The summed E-state index contributed by atoms with van der Waals surface area (Å²) in [5.41, 5.74) is -0.282. The fraction of sp³-hybridized carbons (Fsp3) is 0.471. The number of amides is 1. The molecular weight excluding hydrogens is 349 g/mol. The molecule has 0 unspecified atom stereocenters. The first-order chi connectivity index (χ1) is 12.4. The molecule has 0 radical (unpaired) electrons. The average Bonchev–Trinajstić information content (AvgIpc) is 3.09. The average molecular weight is 368 g/mol. The molecule has 0 saturated carbocycles. The Morgan fingerprint density at radius 3 is 2.38 bits per heavy atom. The molecule has 0 spiro atoms. The Kier molecular flexibility index (Phi) is 5.26. The Bertz CT molecular complexity index is 750. The van der Waals surface area contributed by atoms with Crippen LogP contribution in [0.15, 0.2) is 28.8 Å². The summed E-state index contributed by atoms with van der Waals surface area (Å²) in [7, 11) is 0. The molecule has 1 saturated heterocycles. The zero-order valence-electron chi connectivity index (χ0n) is 14.3. The second kappa shape index (κ2) is 7.45. The zero-order chi connectivity index (χ0) is 18.7. The van der Waals surface area contributed by atoms with Gasteiger partial charge in [-0.1, -0.05) is 12.1 Å². The topological polar surface area (TPSA) is 62.5 Å². The monoisotopic (exact) mass is 368 g/mol. The van der Waals surface area contributed by atoms with Gasteiger partial charge in [-0.05, 0) is 24.3 Å². The summed E-state index contributed by atoms with van der Waals surface area (Å²) < 4.78 is 43.0. The number of aromatic nitrogens is 2. The van der Waals surface area contributed by atoms with Gasteiger partial charge in [0, 0.05) is 38.2 Å². The summed E-state index contributed by atoms with van der Waals surface area (Å²) in [4.78, 5) is 19.9. The van der Waals surface area contributed by atoms with Gasteiger partial charge in [-0.3, -0.25) is 9.69 Å². The summed E-state index contributed by atoms with van der Waals surface area (Å²) in [5, 5.41) is 3.90. The third-order valence-corrected chi connectivity index (χ3v) is 4.32. The van der Waals surface area contributed by atoms with Crippen LogP contribution in [0.4, 0.5) is 13.2 Å². The van der Waals surface area contributed by atoms with Gasteiger partial charge in [-0.2, -0.15) is 18.2 Å². The summed E-state index contributed by atoms with van der Waals surface area (Å²) in [5.74, 6) is 0.803. The molecule has 1 aromatic heterocycles. The second-order valence-corrected chi connectivity index (χ2v) is 6.10. The molecule has 6 nitrogen and oxygen atoms in total. The van der Waals surface area contributed by atoms with Crippen LogP contribution in [0.2, 0.25) is 0 Å². The number of rotatable bonds is 4. The molecule has 0 atom stereocenters. The van der Waals surface area contributed by atoms with Gasteiger partial charge in [-0.15, -0.1) is 0 Å². The summed E-state index contributed by atoms with van der Waals surface area (Å²) in [6, 6.07) is 4.61. The smallest absolute Gasteiger partial charge is 0.340 e. The molecule has 140 valence electrons. The molecule has 1 amide bonds. The largest absolute Gasteiger partial charge is 0.416 e. The molecule has 0 bridgehead atoms. The van der Waals surface area contributed by atoms with Gasteiger partial charge in [0.2, 0.25) is 5.91 Å². The van der Waals surface area contributed by atoms with Crippen molar-refractivity contribution in [3.63, 3.8) is 0 Å². The van der Waals surface area contributed by atoms with E-state index in [-0.39, 0.29) is 11.8 Å². The van der Waals surface area contributed by atoms with Crippen LogP contribution in [0.25, 0.3) is 11.5 Å². The third-order valence-electron chi connectivity index (χ3n) is 4.32. The molecule has 2 aromatic rings. The molecular formula is C17H19F3N4O2. The van der Waals surface area contributed by atoms with Gasteiger partial charge in [0.15, 0.2) is 5.82 Å². The predicted molar refractivity (Wildman–Crippen MR) is 86.9 cm³/mol. The van der Waals surface area contributed by atoms with E-state index in [4.69, 9.17) is 4.52 Å². The normalized spacial score (nSPS) is 16.1. The fourth-order valence-electron chi connectivity index (χ4n) is 2.82. The standard InChI is InChI=1S/C17H19F3N4O2/c1-2-15(25)24-9-7-23(8-10-24)11-14-21-16(26-22-14)12-3-5-13(6-4-12)17(18,19)20/h3-6H,2,7-11H2,1H3. The maximum absolute atomic E-state index is 12.6. The van der Waals surface area contributed by atoms with Crippen LogP contribution < -0.4 is 0 Å². The lowest BCUT2D eigenvalue weighted by Crippen LogP contribution is -2.48. The second-order valence-electron chi connectivity index (χ2n) is 6.10. The number of carbonyl (C=O) groups excluding carboxylic acids is 1. The Morgan fingerprint density at radius 2 is 1.81 bits per heavy atom. The van der Waals surface area contributed by atoms with Crippen molar-refractivity contribution in [1.29, 1.82) is 0 Å². The predicted octanol–water partition coefficient (Wildman–Crippen LogP) is 2.81. The maximum atomic E-state index is 12.6. The minimum Gasteiger partial charge on any atom is -0.340 e. The Balaban J connectivity index is 1.59. The number of benzene rings is 1. The van der Waals surface area contributed by atoms with E-state index >= 15 is 0 Å². The first-order valence-electron chi connectivity index (χ1n) is 8.37. The Hall–Kier alpha value is -2.42. The van der Waals surface area contributed by atoms with E-state index in [9.17, 15) is 18.0 Å². The maximum Gasteiger partial charge on any atom is 0.416 e. The van der Waals surface area contributed by atoms with Gasteiger partial charge in [0.05, 0.1) is 12.1 Å². The lowest BCUT2D eigenvalue weighted by molar-refractivity contribution is -0.137. The first kappa shape index (κ1) is 18.4. The molecule has 0 N–H and O–H groups in total. The van der Waals surface area contributed by atoms with Crippen molar-refractivity contribution < 1.29 is 22.5 Å². The van der Waals surface area contributed by atoms with Gasteiger partial charge in [0.25, 0.3) is 5.89 Å². The highest BCUT2D eigenvalue weighted by Gasteiger charge is 2.30. The Labute approximate surface area is 148 Å². The Morgan fingerprint density at radius 1 is 1.15 bits per heavy atom. The van der Waals surface area contributed by atoms with Crippen LogP contribution >= 0.6 is 0 Å². The van der Waals surface area contributed by atoms with Crippen LogP contribution in [0.3, 0.4) is 0 Å². The van der Waals surface area contributed by atoms with Crippen LogP contribution in [-0.2, 0) is 17.5 Å². The van der Waals surface area contributed by atoms with E-state index in [0.717, 1.165) is 25.2 Å². The lowest BCUT2D eigenvalue weighted by atomic mass is 10.1. The number of carbonyl (C=O) groups is 1. The van der Waals surface area contributed by atoms with Crippen molar-refractivity contribution in [2.75, 3.05) is 26.2 Å². The minimum absolute atomic E-state index is 0.147. The molecule has 0 aliphatic carbocycles. The number of hydrogen-bond donors (Lipinski definition) is 0. The number of halogens is 3. The molecule has 9 heteroatoms. The molecule has 1 fully saturated rings. The van der Waals surface area contributed by atoms with Crippen molar-refractivity contribution >= 4 is 5.91 Å². The van der Waals surface area contributed by atoms with E-state index in [1.807, 2.05) is 11.8 Å². The molecule has 1 aromatic carbocycles. The van der Waals surface area contributed by atoms with Gasteiger partial charge in [-0.25, -0.2) is 0 Å². The molecule has 1 aliphatic rings. The van der Waals surface area contributed by atoms with Gasteiger partial charge < -0.3 is 9.42 Å². The zero-order valence-corrected chi connectivity index (χ0v) is 14.3. The van der Waals surface area contributed by atoms with E-state index in [0.29, 0.717) is 37.4 Å². The molecule has 1 aliphatic heterocycles. The summed E-state index contributed by atoms with van der Waals surface area (Å²) in [6.07, 6.45) is -3.87. The van der Waals surface area contributed by atoms with Gasteiger partial charge in [0.1, 0.15) is 0 Å². The van der Waals surface area contributed by atoms with Crippen molar-refractivity contribution in [3.8, 4) is 11.5 Å². The number of piperazine rings is 1. The number of hydrogen-bond acceptors (Lipinski definition) is 5. The third kappa shape index (κ3) is 4.21. The minimum atomic E-state index is -4.38. The van der Waals surface area contributed by atoms with Crippen molar-refractivity contribution in [3.05, 3.63) is 35.7 Å². The van der Waals surface area contributed by atoms with E-state index in [1.54, 1.807) is 0 Å². The number of nitrogens with zero attached hydrogens (tertiary/aromatic N) is 4. The van der Waals surface area contributed by atoms with Gasteiger partial charge >= 0.3 is 6.18 Å². The van der Waals surface area contributed by atoms with Crippen molar-refractivity contribution in [1.82, 2.24) is 19.9 Å². The van der Waals surface area contributed by atoms with E-state index < -0.39 is 11.7 Å². The lowest BCUT2D eigenvalue weighted by Gasteiger charge is -2.33. The molecule has 2 heterocycles. The molecule has 26 heavy (non-hydrogen) atoms. The van der Waals surface area contributed by atoms with Crippen LogP contribution in [0.5, 0.6) is 0 Å². The van der Waals surface area contributed by atoms with Crippen molar-refractivity contribution in [2.24, 2.45) is 0 Å². The highest BCUT2D eigenvalue weighted by Crippen LogP contribution is 2.30. The number of alkyl halides is 3. The van der Waals surface area contributed by atoms with Crippen LogP contribution in [0.1, 0.15) is 24.7 Å².